The van der Waals surface area contributed by atoms with E-state index in [0.717, 1.165) is 10.8 Å². The monoisotopic (exact) mass is 378 g/mol. The molecule has 8 nitrogen and oxygen atoms in total. The van der Waals surface area contributed by atoms with Crippen molar-refractivity contribution >= 4 is 31.5 Å². The van der Waals surface area contributed by atoms with E-state index in [1.165, 1.54) is 9.80 Å². The summed E-state index contributed by atoms with van der Waals surface area (Å²) in [6.45, 7) is 7.57. The van der Waals surface area contributed by atoms with Gasteiger partial charge in [-0.25, -0.2) is 16.8 Å². The van der Waals surface area contributed by atoms with E-state index in [9.17, 15) is 26.4 Å². The summed E-state index contributed by atoms with van der Waals surface area (Å²) in [5.74, 6) is -1.15. The number of nitrogens with zero attached hydrogens (tertiary/aromatic N) is 2. The molecule has 1 fully saturated rings. The Morgan fingerprint density at radius 3 is 1.29 bits per heavy atom. The zero-order valence-electron chi connectivity index (χ0n) is 13.4. The molecule has 0 atom stereocenters. The molecule has 0 spiro atoms. The number of rotatable bonds is 8. The van der Waals surface area contributed by atoms with Gasteiger partial charge in [0.25, 0.3) is 0 Å². The lowest BCUT2D eigenvalue weighted by atomic mass is 10.2. The third-order valence-electron chi connectivity index (χ3n) is 3.69. The summed E-state index contributed by atoms with van der Waals surface area (Å²) in [5.41, 5.74) is 0. The minimum Gasteiger partial charge on any atom is -0.339 e. The van der Waals surface area contributed by atoms with Crippen molar-refractivity contribution in [2.24, 2.45) is 0 Å². The standard InChI is InChI=1S/C14H22N2O6S2/c1-3-23(19,20)11-5-13(17)15-7-9-16(10-8-15)14(18)6-12-24(21,22)4-2/h3-4H,1-2,5-12H2. The van der Waals surface area contributed by atoms with Crippen LogP contribution in [-0.4, -0.2) is 76.1 Å². The number of carbonyl (C=O) groups excluding carboxylic acids is 2. The van der Waals surface area contributed by atoms with Crippen LogP contribution in [0.5, 0.6) is 0 Å². The predicted octanol–water partition coefficient (Wildman–Crippen LogP) is -0.446. The van der Waals surface area contributed by atoms with Crippen LogP contribution in [0.1, 0.15) is 12.8 Å². The van der Waals surface area contributed by atoms with Gasteiger partial charge in [0.1, 0.15) is 0 Å². The average Bonchev–Trinajstić information content (AvgIpc) is 2.58. The summed E-state index contributed by atoms with van der Waals surface area (Å²) >= 11 is 0. The molecule has 0 saturated carbocycles. The number of hydrogen-bond donors (Lipinski definition) is 0. The van der Waals surface area contributed by atoms with E-state index in [-0.39, 0.29) is 36.2 Å². The van der Waals surface area contributed by atoms with Crippen LogP contribution in [0.15, 0.2) is 24.0 Å². The lowest BCUT2D eigenvalue weighted by molar-refractivity contribution is -0.139. The van der Waals surface area contributed by atoms with Crippen LogP contribution in [0.25, 0.3) is 0 Å². The number of sulfone groups is 2. The quantitative estimate of drug-likeness (QED) is 0.566. The second kappa shape index (κ2) is 8.43. The Morgan fingerprint density at radius 2 is 1.04 bits per heavy atom. The number of hydrogen-bond acceptors (Lipinski definition) is 6. The van der Waals surface area contributed by atoms with Crippen LogP contribution in [0.3, 0.4) is 0 Å². The molecule has 0 aromatic carbocycles. The maximum absolute atomic E-state index is 12.0. The summed E-state index contributed by atoms with van der Waals surface area (Å²) in [5, 5.41) is 1.66. The Hall–Kier alpha value is -1.68. The highest BCUT2D eigenvalue weighted by molar-refractivity contribution is 7.94. The molecule has 24 heavy (non-hydrogen) atoms. The Kier molecular flexibility index (Phi) is 7.15. The van der Waals surface area contributed by atoms with Crippen LogP contribution in [0.4, 0.5) is 0 Å². The van der Waals surface area contributed by atoms with E-state index in [2.05, 4.69) is 13.2 Å². The minimum absolute atomic E-state index is 0.125. The molecule has 0 N–H and O–H groups in total. The van der Waals surface area contributed by atoms with Crippen molar-refractivity contribution in [2.45, 2.75) is 12.8 Å². The van der Waals surface area contributed by atoms with Crippen molar-refractivity contribution in [3.8, 4) is 0 Å². The largest absolute Gasteiger partial charge is 0.339 e. The molecule has 0 unspecified atom stereocenters. The molecular formula is C14H22N2O6S2. The lowest BCUT2D eigenvalue weighted by Gasteiger charge is -2.34. The van der Waals surface area contributed by atoms with Crippen LogP contribution in [0.2, 0.25) is 0 Å². The maximum Gasteiger partial charge on any atom is 0.223 e. The van der Waals surface area contributed by atoms with Gasteiger partial charge in [-0.2, -0.15) is 0 Å². The van der Waals surface area contributed by atoms with Crippen LogP contribution < -0.4 is 0 Å². The highest BCUT2D eigenvalue weighted by atomic mass is 32.2. The van der Waals surface area contributed by atoms with Crippen molar-refractivity contribution < 1.29 is 26.4 Å². The maximum atomic E-state index is 12.0. The van der Waals surface area contributed by atoms with Crippen molar-refractivity contribution in [3.05, 3.63) is 24.0 Å². The zero-order chi connectivity index (χ0) is 18.4. The normalized spacial score (nSPS) is 15.8. The van der Waals surface area contributed by atoms with Crippen molar-refractivity contribution in [1.29, 1.82) is 0 Å². The molecule has 0 aromatic heterocycles. The van der Waals surface area contributed by atoms with Gasteiger partial charge >= 0.3 is 0 Å². The van der Waals surface area contributed by atoms with E-state index in [1.807, 2.05) is 0 Å². The zero-order valence-corrected chi connectivity index (χ0v) is 15.0. The van der Waals surface area contributed by atoms with E-state index in [4.69, 9.17) is 0 Å². The molecule has 0 aromatic rings. The summed E-state index contributed by atoms with van der Waals surface area (Å²) in [6.07, 6.45) is -0.250. The third-order valence-corrected chi connectivity index (χ3v) is 6.26. The van der Waals surface area contributed by atoms with Gasteiger partial charge in [-0.1, -0.05) is 13.2 Å². The van der Waals surface area contributed by atoms with Gasteiger partial charge in [-0.05, 0) is 0 Å². The second-order valence-electron chi connectivity index (χ2n) is 5.33. The summed E-state index contributed by atoms with van der Waals surface area (Å²) in [6, 6.07) is 0. The van der Waals surface area contributed by atoms with Gasteiger partial charge < -0.3 is 9.80 Å². The Labute approximate surface area is 142 Å². The second-order valence-corrected chi connectivity index (χ2v) is 9.46. The first-order valence-electron chi connectivity index (χ1n) is 7.36. The lowest BCUT2D eigenvalue weighted by Crippen LogP contribution is -2.51. The number of piperazine rings is 1. The number of carbonyl (C=O) groups is 2. The van der Waals surface area contributed by atoms with Gasteiger partial charge in [0.15, 0.2) is 19.7 Å². The molecule has 0 radical (unpaired) electrons. The smallest absolute Gasteiger partial charge is 0.223 e. The molecule has 0 bridgehead atoms. The fourth-order valence-electron chi connectivity index (χ4n) is 2.15. The molecule has 10 heteroatoms. The minimum atomic E-state index is -3.41. The average molecular weight is 378 g/mol. The van der Waals surface area contributed by atoms with E-state index in [1.54, 1.807) is 0 Å². The Morgan fingerprint density at radius 1 is 0.750 bits per heavy atom. The van der Waals surface area contributed by atoms with Crippen LogP contribution in [0, 0.1) is 0 Å². The van der Waals surface area contributed by atoms with Crippen LogP contribution >= 0.6 is 0 Å². The summed E-state index contributed by atoms with van der Waals surface area (Å²) < 4.78 is 45.2. The first kappa shape index (κ1) is 20.4. The molecule has 1 saturated heterocycles. The first-order chi connectivity index (χ1) is 11.1. The SMILES string of the molecule is C=CS(=O)(=O)CCC(=O)N1CCN(C(=O)CCS(=O)(=O)C=C)CC1. The van der Waals surface area contributed by atoms with Crippen LogP contribution in [-0.2, 0) is 29.3 Å². The van der Waals surface area contributed by atoms with Crippen molar-refractivity contribution in [2.75, 3.05) is 37.7 Å². The van der Waals surface area contributed by atoms with E-state index in [0.29, 0.717) is 26.2 Å². The summed E-state index contributed by atoms with van der Waals surface area (Å²) in [4.78, 5) is 26.9. The highest BCUT2D eigenvalue weighted by Crippen LogP contribution is 2.08. The molecule has 0 aliphatic carbocycles. The predicted molar refractivity (Wildman–Crippen MR) is 90.4 cm³/mol. The third kappa shape index (κ3) is 6.44. The Balaban J connectivity index is 2.43. The van der Waals surface area contributed by atoms with E-state index < -0.39 is 19.7 Å². The molecule has 1 aliphatic heterocycles. The van der Waals surface area contributed by atoms with Crippen molar-refractivity contribution in [1.82, 2.24) is 9.80 Å². The molecular weight excluding hydrogens is 356 g/mol. The van der Waals surface area contributed by atoms with Crippen molar-refractivity contribution in [3.63, 3.8) is 0 Å². The van der Waals surface area contributed by atoms with E-state index >= 15 is 0 Å². The molecule has 1 rings (SSSR count). The topological polar surface area (TPSA) is 109 Å². The molecule has 136 valence electrons. The fourth-order valence-corrected chi connectivity index (χ4v) is 3.40. The van der Waals surface area contributed by atoms with Gasteiger partial charge in [0.2, 0.25) is 11.8 Å². The number of amides is 2. The molecule has 1 heterocycles. The Bertz CT molecular complexity index is 642. The van der Waals surface area contributed by atoms with Gasteiger partial charge in [-0.3, -0.25) is 9.59 Å². The van der Waals surface area contributed by atoms with Gasteiger partial charge in [-0.15, -0.1) is 0 Å². The molecule has 2 amide bonds. The van der Waals surface area contributed by atoms with Gasteiger partial charge in [0.05, 0.1) is 11.5 Å². The summed E-state index contributed by atoms with van der Waals surface area (Å²) in [7, 11) is -6.83. The van der Waals surface area contributed by atoms with Gasteiger partial charge in [0, 0.05) is 49.8 Å². The molecule has 1 aliphatic rings. The highest BCUT2D eigenvalue weighted by Gasteiger charge is 2.25. The first-order valence-corrected chi connectivity index (χ1v) is 10.8. The fraction of sp³-hybridized carbons (Fsp3) is 0.571.